The monoisotopic (exact) mass is 547 g/mol. The second-order valence-electron chi connectivity index (χ2n) is 11.7. The molecule has 2 aliphatic rings. The van der Waals surface area contributed by atoms with E-state index in [1.807, 2.05) is 30.9 Å². The number of nitrogens with two attached hydrogens (primary N) is 1. The number of carbonyl (C=O) groups is 2. The van der Waals surface area contributed by atoms with Gasteiger partial charge in [0.15, 0.2) is 0 Å². The second kappa shape index (κ2) is 11.0. The third-order valence-electron chi connectivity index (χ3n) is 8.57. The minimum Gasteiger partial charge on any atom is -0.508 e. The predicted octanol–water partition coefficient (Wildman–Crippen LogP) is 5.63. The average Bonchev–Trinajstić information content (AvgIpc) is 3.80. The number of aromatic hydroxyl groups is 1. The maximum Gasteiger partial charge on any atom is 0.237 e. The van der Waals surface area contributed by atoms with Gasteiger partial charge in [-0.15, -0.1) is 0 Å². The van der Waals surface area contributed by atoms with Gasteiger partial charge >= 0.3 is 0 Å². The Morgan fingerprint density at radius 2 is 1.61 bits per heavy atom. The molecule has 4 aromatic rings. The maximum absolute atomic E-state index is 13.4. The standard InChI is InChI=1S/C35H37N3O3/c1-21-15-28(39)16-22(2)29(21)20-31(36)34(40)37-32-13-14-38(35(41)26-10-11-26)33-12-8-24(19-30(32)33)17-23-7-9-25-5-3-4-6-27(25)18-23/h3-9,12,15-16,18-19,26,31-32,39H,10-11,13-14,17,20,36H2,1-2H3,(H,37,40)/t31-,32+/m0/s1. The summed E-state index contributed by atoms with van der Waals surface area (Å²) in [7, 11) is 0. The Balaban J connectivity index is 1.25. The summed E-state index contributed by atoms with van der Waals surface area (Å²) < 4.78 is 0. The number of amides is 2. The van der Waals surface area contributed by atoms with Crippen LogP contribution < -0.4 is 16.0 Å². The summed E-state index contributed by atoms with van der Waals surface area (Å²) in [5.41, 5.74) is 13.5. The van der Waals surface area contributed by atoms with Gasteiger partial charge in [0.1, 0.15) is 5.75 Å². The van der Waals surface area contributed by atoms with Crippen molar-refractivity contribution < 1.29 is 14.7 Å². The van der Waals surface area contributed by atoms with Crippen LogP contribution in [0.4, 0.5) is 5.69 Å². The minimum absolute atomic E-state index is 0.122. The van der Waals surface area contributed by atoms with Crippen LogP contribution in [-0.2, 0) is 22.4 Å². The number of hydrogen-bond donors (Lipinski definition) is 3. The van der Waals surface area contributed by atoms with Gasteiger partial charge in [-0.1, -0.05) is 54.6 Å². The van der Waals surface area contributed by atoms with Gasteiger partial charge in [-0.25, -0.2) is 0 Å². The summed E-state index contributed by atoms with van der Waals surface area (Å²) in [5.74, 6) is 0.310. The predicted molar refractivity (Wildman–Crippen MR) is 163 cm³/mol. The summed E-state index contributed by atoms with van der Waals surface area (Å²) in [6.45, 7) is 4.42. The molecular weight excluding hydrogens is 510 g/mol. The van der Waals surface area contributed by atoms with Gasteiger partial charge in [0.2, 0.25) is 11.8 Å². The van der Waals surface area contributed by atoms with E-state index in [2.05, 4.69) is 53.8 Å². The summed E-state index contributed by atoms with van der Waals surface area (Å²) in [4.78, 5) is 28.5. The summed E-state index contributed by atoms with van der Waals surface area (Å²) in [6.07, 6.45) is 3.69. The van der Waals surface area contributed by atoms with Gasteiger partial charge in [0, 0.05) is 18.2 Å². The Morgan fingerprint density at radius 1 is 0.927 bits per heavy atom. The molecule has 210 valence electrons. The number of nitrogens with zero attached hydrogens (tertiary/aromatic N) is 1. The van der Waals surface area contributed by atoms with Gasteiger partial charge in [0.05, 0.1) is 12.1 Å². The molecule has 4 aromatic carbocycles. The number of benzene rings is 4. The van der Waals surface area contributed by atoms with E-state index in [0.717, 1.165) is 52.8 Å². The smallest absolute Gasteiger partial charge is 0.237 e. The van der Waals surface area contributed by atoms with Crippen LogP contribution in [0.25, 0.3) is 10.8 Å². The van der Waals surface area contributed by atoms with Gasteiger partial charge in [-0.3, -0.25) is 9.59 Å². The van der Waals surface area contributed by atoms with E-state index in [9.17, 15) is 14.7 Å². The zero-order valence-corrected chi connectivity index (χ0v) is 23.7. The molecule has 1 fully saturated rings. The zero-order chi connectivity index (χ0) is 28.7. The zero-order valence-electron chi connectivity index (χ0n) is 23.7. The Kier molecular flexibility index (Phi) is 7.26. The molecule has 0 spiro atoms. The largest absolute Gasteiger partial charge is 0.508 e. The fraction of sp³-hybridized carbons (Fsp3) is 0.314. The average molecular weight is 548 g/mol. The lowest BCUT2D eigenvalue weighted by molar-refractivity contribution is -0.123. The molecular formula is C35H37N3O3. The second-order valence-corrected chi connectivity index (χ2v) is 11.7. The van der Waals surface area contributed by atoms with E-state index in [1.54, 1.807) is 12.1 Å². The molecule has 0 aromatic heterocycles. The van der Waals surface area contributed by atoms with Crippen LogP contribution in [0, 0.1) is 19.8 Å². The molecule has 1 saturated carbocycles. The Labute approximate surface area is 241 Å². The van der Waals surface area contributed by atoms with Crippen LogP contribution in [0.3, 0.4) is 0 Å². The van der Waals surface area contributed by atoms with Crippen molar-refractivity contribution in [2.45, 2.75) is 58.0 Å². The number of aryl methyl sites for hydroxylation is 2. The van der Waals surface area contributed by atoms with Crippen molar-refractivity contribution >= 4 is 28.3 Å². The molecule has 41 heavy (non-hydrogen) atoms. The first kappa shape index (κ1) is 27.0. The highest BCUT2D eigenvalue weighted by Crippen LogP contribution is 2.39. The molecule has 0 bridgehead atoms. The van der Waals surface area contributed by atoms with E-state index >= 15 is 0 Å². The summed E-state index contributed by atoms with van der Waals surface area (Å²) >= 11 is 0. The van der Waals surface area contributed by atoms with Crippen molar-refractivity contribution in [2.75, 3.05) is 11.4 Å². The maximum atomic E-state index is 13.4. The van der Waals surface area contributed by atoms with E-state index in [1.165, 1.54) is 16.3 Å². The molecule has 0 radical (unpaired) electrons. The molecule has 1 aliphatic carbocycles. The van der Waals surface area contributed by atoms with Gasteiger partial charge < -0.3 is 21.1 Å². The first-order chi connectivity index (χ1) is 19.8. The SMILES string of the molecule is Cc1cc(O)cc(C)c1C[C@H](N)C(=O)N[C@@H]1CCN(C(=O)C2CC2)c2ccc(Cc3ccc4ccccc4c3)cc21. The topological polar surface area (TPSA) is 95.7 Å². The molecule has 2 atom stereocenters. The molecule has 1 aliphatic heterocycles. The van der Waals surface area contributed by atoms with Gasteiger partial charge in [-0.2, -0.15) is 0 Å². The lowest BCUT2D eigenvalue weighted by atomic mass is 9.91. The van der Waals surface area contributed by atoms with Crippen LogP contribution in [0.15, 0.2) is 72.8 Å². The molecule has 2 amide bonds. The molecule has 0 unspecified atom stereocenters. The fourth-order valence-corrected chi connectivity index (χ4v) is 6.17. The van der Waals surface area contributed by atoms with E-state index in [-0.39, 0.29) is 29.5 Å². The minimum atomic E-state index is -0.729. The number of hydrogen-bond acceptors (Lipinski definition) is 4. The number of phenols is 1. The quantitative estimate of drug-likeness (QED) is 0.280. The number of anilines is 1. The van der Waals surface area contributed by atoms with Crippen LogP contribution >= 0.6 is 0 Å². The lowest BCUT2D eigenvalue weighted by Crippen LogP contribution is -2.47. The Hall–Kier alpha value is -4.16. The van der Waals surface area contributed by atoms with Gasteiger partial charge in [0.25, 0.3) is 0 Å². The van der Waals surface area contributed by atoms with Crippen molar-refractivity contribution in [1.29, 1.82) is 0 Å². The molecule has 6 heteroatoms. The van der Waals surface area contributed by atoms with Crippen molar-refractivity contribution in [1.82, 2.24) is 5.32 Å². The van der Waals surface area contributed by atoms with E-state index in [0.29, 0.717) is 19.4 Å². The van der Waals surface area contributed by atoms with E-state index in [4.69, 9.17) is 5.73 Å². The highest BCUT2D eigenvalue weighted by molar-refractivity contribution is 5.98. The van der Waals surface area contributed by atoms with Crippen molar-refractivity contribution in [3.05, 3.63) is 106 Å². The molecule has 1 heterocycles. The molecule has 0 saturated heterocycles. The number of phenolic OH excluding ortho intramolecular Hbond substituents is 1. The summed E-state index contributed by atoms with van der Waals surface area (Å²) in [5, 5.41) is 15.5. The van der Waals surface area contributed by atoms with E-state index < -0.39 is 6.04 Å². The highest BCUT2D eigenvalue weighted by atomic mass is 16.3. The number of rotatable bonds is 7. The Bertz CT molecular complexity index is 1620. The molecule has 6 rings (SSSR count). The van der Waals surface area contributed by atoms with Crippen LogP contribution in [0.5, 0.6) is 5.75 Å². The van der Waals surface area contributed by atoms with Crippen LogP contribution in [-0.4, -0.2) is 29.5 Å². The highest BCUT2D eigenvalue weighted by Gasteiger charge is 2.38. The third kappa shape index (κ3) is 5.70. The summed E-state index contributed by atoms with van der Waals surface area (Å²) in [6, 6.07) is 23.6. The first-order valence-electron chi connectivity index (χ1n) is 14.5. The fourth-order valence-electron chi connectivity index (χ4n) is 6.17. The number of carbonyl (C=O) groups excluding carboxylic acids is 2. The van der Waals surface area contributed by atoms with Crippen molar-refractivity contribution in [3.63, 3.8) is 0 Å². The van der Waals surface area contributed by atoms with Crippen molar-refractivity contribution in [3.8, 4) is 5.75 Å². The normalized spacial score (nSPS) is 17.2. The number of fused-ring (bicyclic) bond motifs is 2. The molecule has 4 N–H and O–H groups in total. The van der Waals surface area contributed by atoms with Gasteiger partial charge in [-0.05, 0) is 108 Å². The third-order valence-corrected chi connectivity index (χ3v) is 8.57. The van der Waals surface area contributed by atoms with Crippen molar-refractivity contribution in [2.24, 2.45) is 11.7 Å². The van der Waals surface area contributed by atoms with Crippen LogP contribution in [0.2, 0.25) is 0 Å². The first-order valence-corrected chi connectivity index (χ1v) is 14.5. The van der Waals surface area contributed by atoms with Crippen LogP contribution in [0.1, 0.15) is 58.7 Å². The number of nitrogens with one attached hydrogen (secondary N) is 1. The Morgan fingerprint density at radius 3 is 2.34 bits per heavy atom. The molecule has 6 nitrogen and oxygen atoms in total. The lowest BCUT2D eigenvalue weighted by Gasteiger charge is -2.35.